The zero-order valence-electron chi connectivity index (χ0n) is 11.8. The molecule has 1 aromatic rings. The van der Waals surface area contributed by atoms with E-state index in [4.69, 9.17) is 16.7 Å². The summed E-state index contributed by atoms with van der Waals surface area (Å²) < 4.78 is 0. The molecule has 0 spiro atoms. The van der Waals surface area contributed by atoms with Crippen LogP contribution in [0.5, 0.6) is 0 Å². The van der Waals surface area contributed by atoms with E-state index in [2.05, 4.69) is 5.32 Å². The zero-order valence-corrected chi connectivity index (χ0v) is 12.6. The summed E-state index contributed by atoms with van der Waals surface area (Å²) in [5, 5.41) is 12.3. The topological polar surface area (TPSA) is 69.6 Å². The second kappa shape index (κ2) is 7.14. The summed E-state index contributed by atoms with van der Waals surface area (Å²) >= 11 is 6.08. The Morgan fingerprint density at radius 3 is 2.60 bits per heavy atom. The molecule has 0 aliphatic rings. The van der Waals surface area contributed by atoms with E-state index in [0.29, 0.717) is 22.7 Å². The number of hydrogen-bond donors (Lipinski definition) is 2. The van der Waals surface area contributed by atoms with Gasteiger partial charge in [-0.1, -0.05) is 11.6 Å². The Balaban J connectivity index is 2.81. The van der Waals surface area contributed by atoms with Gasteiger partial charge in [0.05, 0.1) is 10.7 Å². The molecule has 0 bridgehead atoms. The number of aliphatic carboxylic acids is 1. The van der Waals surface area contributed by atoms with Crippen molar-refractivity contribution in [3.05, 3.63) is 28.8 Å². The molecule has 1 rings (SSSR count). The molecule has 0 fully saturated rings. The van der Waals surface area contributed by atoms with Crippen molar-refractivity contribution in [2.75, 3.05) is 19.4 Å². The van der Waals surface area contributed by atoms with E-state index < -0.39 is 5.97 Å². The van der Waals surface area contributed by atoms with Crippen LogP contribution in [0.25, 0.3) is 0 Å². The molecule has 6 heteroatoms. The van der Waals surface area contributed by atoms with Crippen molar-refractivity contribution >= 4 is 29.2 Å². The highest BCUT2D eigenvalue weighted by Crippen LogP contribution is 2.24. The number of anilines is 1. The van der Waals surface area contributed by atoms with E-state index in [1.807, 2.05) is 6.92 Å². The number of nitrogens with zero attached hydrogens (tertiary/aromatic N) is 1. The van der Waals surface area contributed by atoms with E-state index in [9.17, 15) is 9.59 Å². The quantitative estimate of drug-likeness (QED) is 0.847. The molecule has 0 aliphatic heterocycles. The number of carbonyl (C=O) groups is 2. The van der Waals surface area contributed by atoms with Crippen molar-refractivity contribution in [3.8, 4) is 0 Å². The average Bonchev–Trinajstić information content (AvgIpc) is 2.38. The number of rotatable bonds is 6. The lowest BCUT2D eigenvalue weighted by Crippen LogP contribution is -2.22. The number of amides is 1. The standard InChI is InChI=1S/C14H19ClN2O3/c1-9(4-7-13(18)19)16-12-8-10(5-6-11(12)15)14(20)17(2)3/h5-6,8-9,16H,4,7H2,1-3H3,(H,18,19). The fraction of sp³-hybridized carbons (Fsp3) is 0.429. The van der Waals surface area contributed by atoms with Gasteiger partial charge in [0.1, 0.15) is 0 Å². The Bertz CT molecular complexity index is 503. The van der Waals surface area contributed by atoms with Gasteiger partial charge in [0.2, 0.25) is 0 Å². The Labute approximate surface area is 123 Å². The first-order valence-electron chi connectivity index (χ1n) is 6.30. The van der Waals surface area contributed by atoms with Gasteiger partial charge in [-0.25, -0.2) is 0 Å². The normalized spacial score (nSPS) is 11.8. The summed E-state index contributed by atoms with van der Waals surface area (Å²) in [6.45, 7) is 1.87. The molecule has 0 radical (unpaired) electrons. The van der Waals surface area contributed by atoms with E-state index in [0.717, 1.165) is 0 Å². The Morgan fingerprint density at radius 2 is 2.05 bits per heavy atom. The smallest absolute Gasteiger partial charge is 0.303 e. The molecule has 0 heterocycles. The predicted molar refractivity (Wildman–Crippen MR) is 79.4 cm³/mol. The molecule has 1 unspecified atom stereocenters. The summed E-state index contributed by atoms with van der Waals surface area (Å²) in [5.41, 5.74) is 1.17. The summed E-state index contributed by atoms with van der Waals surface area (Å²) in [6.07, 6.45) is 0.569. The Hall–Kier alpha value is -1.75. The Morgan fingerprint density at radius 1 is 1.40 bits per heavy atom. The van der Waals surface area contributed by atoms with Gasteiger partial charge < -0.3 is 15.3 Å². The maximum Gasteiger partial charge on any atom is 0.303 e. The molecule has 1 aromatic carbocycles. The second-order valence-corrected chi connectivity index (χ2v) is 5.28. The zero-order chi connectivity index (χ0) is 15.3. The van der Waals surface area contributed by atoms with Crippen LogP contribution in [0.3, 0.4) is 0 Å². The average molecular weight is 299 g/mol. The fourth-order valence-corrected chi connectivity index (χ4v) is 1.88. The van der Waals surface area contributed by atoms with E-state index >= 15 is 0 Å². The number of carboxylic acid groups (broad SMARTS) is 1. The van der Waals surface area contributed by atoms with E-state index in [-0.39, 0.29) is 18.4 Å². The maximum absolute atomic E-state index is 11.9. The van der Waals surface area contributed by atoms with Crippen LogP contribution in [0.1, 0.15) is 30.1 Å². The SMILES string of the molecule is CC(CCC(=O)O)Nc1cc(C(=O)N(C)C)ccc1Cl. The maximum atomic E-state index is 11.9. The first-order valence-corrected chi connectivity index (χ1v) is 6.68. The lowest BCUT2D eigenvalue weighted by atomic mass is 10.1. The first kappa shape index (κ1) is 16.3. The van der Waals surface area contributed by atoms with Crippen molar-refractivity contribution in [2.24, 2.45) is 0 Å². The van der Waals surface area contributed by atoms with Gasteiger partial charge >= 0.3 is 5.97 Å². The van der Waals surface area contributed by atoms with Gasteiger partial charge in [0, 0.05) is 32.1 Å². The van der Waals surface area contributed by atoms with Gasteiger partial charge in [-0.15, -0.1) is 0 Å². The van der Waals surface area contributed by atoms with Gasteiger partial charge in [-0.2, -0.15) is 0 Å². The van der Waals surface area contributed by atoms with Gasteiger partial charge in [0.25, 0.3) is 5.91 Å². The van der Waals surface area contributed by atoms with Crippen molar-refractivity contribution in [2.45, 2.75) is 25.8 Å². The third-order valence-corrected chi connectivity index (χ3v) is 3.14. The molecule has 1 amide bonds. The summed E-state index contributed by atoms with van der Waals surface area (Å²) in [7, 11) is 3.36. The van der Waals surface area contributed by atoms with Crippen molar-refractivity contribution in [1.29, 1.82) is 0 Å². The summed E-state index contributed by atoms with van der Waals surface area (Å²) in [6, 6.07) is 4.96. The van der Waals surface area contributed by atoms with Crippen LogP contribution in [0.4, 0.5) is 5.69 Å². The minimum absolute atomic E-state index is 0.0479. The molecule has 0 aliphatic carbocycles. The molecule has 5 nitrogen and oxygen atoms in total. The number of carbonyl (C=O) groups excluding carboxylic acids is 1. The molecule has 20 heavy (non-hydrogen) atoms. The van der Waals surface area contributed by atoms with Crippen molar-refractivity contribution in [3.63, 3.8) is 0 Å². The number of benzene rings is 1. The molecular formula is C14H19ClN2O3. The minimum atomic E-state index is -0.832. The number of halogens is 1. The predicted octanol–water partition coefficient (Wildman–Crippen LogP) is 2.71. The minimum Gasteiger partial charge on any atom is -0.481 e. The van der Waals surface area contributed by atoms with Crippen LogP contribution in [0.2, 0.25) is 5.02 Å². The molecule has 110 valence electrons. The monoisotopic (exact) mass is 298 g/mol. The Kier molecular flexibility index (Phi) is 5.82. The molecule has 2 N–H and O–H groups in total. The molecule has 0 saturated carbocycles. The number of hydrogen-bond acceptors (Lipinski definition) is 3. The second-order valence-electron chi connectivity index (χ2n) is 4.87. The number of nitrogens with one attached hydrogen (secondary N) is 1. The molecule has 1 atom stereocenters. The lowest BCUT2D eigenvalue weighted by molar-refractivity contribution is -0.137. The van der Waals surface area contributed by atoms with Crippen LogP contribution in [-0.4, -0.2) is 42.0 Å². The van der Waals surface area contributed by atoms with E-state index in [1.165, 1.54) is 4.90 Å². The van der Waals surface area contributed by atoms with E-state index in [1.54, 1.807) is 32.3 Å². The number of carboxylic acids is 1. The highest BCUT2D eigenvalue weighted by Gasteiger charge is 2.12. The van der Waals surface area contributed by atoms with Crippen LogP contribution >= 0.6 is 11.6 Å². The largest absolute Gasteiger partial charge is 0.481 e. The third-order valence-electron chi connectivity index (χ3n) is 2.81. The van der Waals surface area contributed by atoms with Crippen molar-refractivity contribution < 1.29 is 14.7 Å². The summed E-state index contributed by atoms with van der Waals surface area (Å²) in [4.78, 5) is 23.9. The van der Waals surface area contributed by atoms with Crippen LogP contribution in [-0.2, 0) is 4.79 Å². The van der Waals surface area contributed by atoms with Gasteiger partial charge in [-0.05, 0) is 31.5 Å². The van der Waals surface area contributed by atoms with Crippen LogP contribution < -0.4 is 5.32 Å². The van der Waals surface area contributed by atoms with Gasteiger partial charge in [0.15, 0.2) is 0 Å². The highest BCUT2D eigenvalue weighted by molar-refractivity contribution is 6.33. The third kappa shape index (κ3) is 4.74. The van der Waals surface area contributed by atoms with Crippen LogP contribution in [0.15, 0.2) is 18.2 Å². The highest BCUT2D eigenvalue weighted by atomic mass is 35.5. The molecule has 0 saturated heterocycles. The van der Waals surface area contributed by atoms with Gasteiger partial charge in [-0.3, -0.25) is 9.59 Å². The first-order chi connectivity index (χ1) is 9.31. The lowest BCUT2D eigenvalue weighted by Gasteiger charge is -2.17. The molecular weight excluding hydrogens is 280 g/mol. The van der Waals surface area contributed by atoms with Crippen LogP contribution in [0, 0.1) is 0 Å². The fourth-order valence-electron chi connectivity index (χ4n) is 1.70. The molecule has 0 aromatic heterocycles. The van der Waals surface area contributed by atoms with Crippen molar-refractivity contribution in [1.82, 2.24) is 4.90 Å². The summed E-state index contributed by atoms with van der Waals surface area (Å²) in [5.74, 6) is -0.941.